The zero-order valence-corrected chi connectivity index (χ0v) is 16.7. The third-order valence-corrected chi connectivity index (χ3v) is 5.65. The monoisotopic (exact) mass is 396 g/mol. The first-order chi connectivity index (χ1) is 14.0. The van der Waals surface area contributed by atoms with Crippen molar-refractivity contribution >= 4 is 22.9 Å². The van der Waals surface area contributed by atoms with Crippen LogP contribution >= 0.6 is 0 Å². The van der Waals surface area contributed by atoms with Crippen LogP contribution in [-0.4, -0.2) is 23.9 Å². The van der Waals surface area contributed by atoms with Gasteiger partial charge in [-0.15, -0.1) is 0 Å². The van der Waals surface area contributed by atoms with Gasteiger partial charge in [0, 0.05) is 18.5 Å². The number of aromatic nitrogens is 1. The Hall–Kier alpha value is -2.89. The van der Waals surface area contributed by atoms with Crippen molar-refractivity contribution in [1.29, 1.82) is 0 Å². The highest BCUT2D eigenvalue weighted by Crippen LogP contribution is 2.33. The summed E-state index contributed by atoms with van der Waals surface area (Å²) in [5.41, 5.74) is 2.80. The maximum Gasteiger partial charge on any atom is 0.295 e. The second kappa shape index (κ2) is 8.23. The van der Waals surface area contributed by atoms with Crippen LogP contribution in [-0.2, 0) is 0 Å². The number of ether oxygens (including phenoxy) is 1. The number of oxazole rings is 1. The fourth-order valence-corrected chi connectivity index (χ4v) is 4.11. The van der Waals surface area contributed by atoms with Crippen LogP contribution in [0.25, 0.3) is 11.1 Å². The summed E-state index contributed by atoms with van der Waals surface area (Å²) in [7, 11) is 1.59. The van der Waals surface area contributed by atoms with Gasteiger partial charge in [-0.1, -0.05) is 11.6 Å². The Bertz CT molecular complexity index is 1030. The molecule has 0 aliphatic heterocycles. The molecule has 4 rings (SSSR count). The normalized spacial score (nSPS) is 18.9. The summed E-state index contributed by atoms with van der Waals surface area (Å²) < 4.78 is 24.2. The van der Waals surface area contributed by atoms with E-state index in [9.17, 15) is 9.18 Å². The molecule has 0 spiro atoms. The van der Waals surface area contributed by atoms with Gasteiger partial charge in [-0.25, -0.2) is 4.39 Å². The standard InChI is InChI=1S/C23H25FN2O3/c1-14-3-10-21(28-2)18(11-14)20(27)9-5-15-4-7-17(12-15)25-23-26-19-8-6-16(24)13-22(19)29-23/h3,6,8,10-11,13,15,17H,4-5,7,9,12H2,1-2H3,(H,25,26)/t15?,17-/m1/s1. The third-order valence-electron chi connectivity index (χ3n) is 5.65. The lowest BCUT2D eigenvalue weighted by molar-refractivity contribution is 0.0970. The second-order valence-corrected chi connectivity index (χ2v) is 7.82. The fourth-order valence-electron chi connectivity index (χ4n) is 4.11. The predicted molar refractivity (Wildman–Crippen MR) is 110 cm³/mol. The second-order valence-electron chi connectivity index (χ2n) is 7.82. The summed E-state index contributed by atoms with van der Waals surface area (Å²) in [6.07, 6.45) is 4.39. The van der Waals surface area contributed by atoms with E-state index in [1.807, 2.05) is 25.1 Å². The van der Waals surface area contributed by atoms with Crippen LogP contribution in [0.4, 0.5) is 10.4 Å². The average Bonchev–Trinajstić information content (AvgIpc) is 3.32. The number of benzene rings is 2. The minimum Gasteiger partial charge on any atom is -0.496 e. The Labute approximate surface area is 169 Å². The Morgan fingerprint density at radius 1 is 1.28 bits per heavy atom. The van der Waals surface area contributed by atoms with Gasteiger partial charge in [0.05, 0.1) is 12.7 Å². The maximum absolute atomic E-state index is 13.3. The van der Waals surface area contributed by atoms with Gasteiger partial charge in [-0.2, -0.15) is 4.98 Å². The molecule has 0 radical (unpaired) electrons. The van der Waals surface area contributed by atoms with Crippen LogP contribution in [0, 0.1) is 18.7 Å². The molecule has 3 aromatic rings. The van der Waals surface area contributed by atoms with Crippen LogP contribution in [0.5, 0.6) is 5.75 Å². The minimum absolute atomic E-state index is 0.128. The van der Waals surface area contributed by atoms with Crippen molar-refractivity contribution in [3.63, 3.8) is 0 Å². The van der Waals surface area contributed by atoms with Crippen molar-refractivity contribution in [2.24, 2.45) is 5.92 Å². The lowest BCUT2D eigenvalue weighted by atomic mass is 9.96. The van der Waals surface area contributed by atoms with E-state index >= 15 is 0 Å². The minimum atomic E-state index is -0.337. The van der Waals surface area contributed by atoms with E-state index in [0.717, 1.165) is 31.2 Å². The summed E-state index contributed by atoms with van der Waals surface area (Å²) in [5.74, 6) is 0.909. The van der Waals surface area contributed by atoms with Gasteiger partial charge in [0.1, 0.15) is 17.1 Å². The molecule has 1 aromatic heterocycles. The van der Waals surface area contributed by atoms with Gasteiger partial charge in [0.25, 0.3) is 6.01 Å². The smallest absolute Gasteiger partial charge is 0.295 e. The van der Waals surface area contributed by atoms with Crippen molar-refractivity contribution in [1.82, 2.24) is 4.98 Å². The molecule has 1 saturated carbocycles. The highest BCUT2D eigenvalue weighted by atomic mass is 19.1. The highest BCUT2D eigenvalue weighted by Gasteiger charge is 2.26. The van der Waals surface area contributed by atoms with Gasteiger partial charge >= 0.3 is 0 Å². The van der Waals surface area contributed by atoms with Crippen LogP contribution in [0.15, 0.2) is 40.8 Å². The van der Waals surface area contributed by atoms with Gasteiger partial charge < -0.3 is 14.5 Å². The molecule has 2 aromatic carbocycles. The van der Waals surface area contributed by atoms with Crippen LogP contribution in [0.3, 0.4) is 0 Å². The van der Waals surface area contributed by atoms with Gasteiger partial charge in [0.15, 0.2) is 11.4 Å². The number of Topliss-reactive ketones (excluding diaryl/α,β-unsaturated/α-hetero) is 1. The molecule has 1 fully saturated rings. The van der Waals surface area contributed by atoms with E-state index in [1.54, 1.807) is 13.2 Å². The Kier molecular flexibility index (Phi) is 5.51. The van der Waals surface area contributed by atoms with Crippen LogP contribution < -0.4 is 10.1 Å². The maximum atomic E-state index is 13.3. The number of hydrogen-bond acceptors (Lipinski definition) is 5. The summed E-state index contributed by atoms with van der Waals surface area (Å²) in [5, 5.41) is 3.32. The molecular formula is C23H25FN2O3. The van der Waals surface area contributed by atoms with Crippen molar-refractivity contribution < 1.29 is 18.3 Å². The number of nitrogens with zero attached hydrogens (tertiary/aromatic N) is 1. The molecule has 0 bridgehead atoms. The number of anilines is 1. The summed E-state index contributed by atoms with van der Waals surface area (Å²) in [6, 6.07) is 10.7. The van der Waals surface area contributed by atoms with Crippen molar-refractivity contribution in [2.75, 3.05) is 12.4 Å². The molecule has 0 saturated heterocycles. The predicted octanol–water partition coefficient (Wildman–Crippen LogP) is 5.53. The summed E-state index contributed by atoms with van der Waals surface area (Å²) in [4.78, 5) is 17.1. The zero-order chi connectivity index (χ0) is 20.4. The molecule has 152 valence electrons. The number of aryl methyl sites for hydroxylation is 1. The Morgan fingerprint density at radius 3 is 2.97 bits per heavy atom. The molecule has 1 N–H and O–H groups in total. The molecule has 1 unspecified atom stereocenters. The van der Waals surface area contributed by atoms with Gasteiger partial charge in [0.2, 0.25) is 0 Å². The summed E-state index contributed by atoms with van der Waals surface area (Å²) in [6.45, 7) is 1.98. The van der Waals surface area contributed by atoms with Crippen molar-refractivity contribution in [3.8, 4) is 5.75 Å². The first-order valence-electron chi connectivity index (χ1n) is 10.0. The van der Waals surface area contributed by atoms with E-state index in [0.29, 0.717) is 40.8 Å². The van der Waals surface area contributed by atoms with E-state index in [1.165, 1.54) is 12.1 Å². The molecule has 1 heterocycles. The van der Waals surface area contributed by atoms with Crippen LogP contribution in [0.1, 0.15) is 48.0 Å². The Morgan fingerprint density at radius 2 is 2.14 bits per heavy atom. The number of ketones is 1. The molecule has 29 heavy (non-hydrogen) atoms. The highest BCUT2D eigenvalue weighted by molar-refractivity contribution is 5.98. The van der Waals surface area contributed by atoms with E-state index in [2.05, 4.69) is 10.3 Å². The number of nitrogens with one attached hydrogen (secondary N) is 1. The number of carbonyl (C=O) groups is 1. The summed E-state index contributed by atoms with van der Waals surface area (Å²) >= 11 is 0. The zero-order valence-electron chi connectivity index (χ0n) is 16.7. The van der Waals surface area contributed by atoms with E-state index in [4.69, 9.17) is 9.15 Å². The average molecular weight is 396 g/mol. The van der Waals surface area contributed by atoms with E-state index < -0.39 is 0 Å². The Balaban J connectivity index is 1.32. The SMILES string of the molecule is COc1ccc(C)cc1C(=O)CCC1CC[C@@H](Nc2nc3ccc(F)cc3o2)C1. The number of carbonyl (C=O) groups excluding carboxylic acids is 1. The lowest BCUT2D eigenvalue weighted by Crippen LogP contribution is -2.16. The number of rotatable bonds is 7. The quantitative estimate of drug-likeness (QED) is 0.532. The van der Waals surface area contributed by atoms with Gasteiger partial charge in [-0.3, -0.25) is 4.79 Å². The number of hydrogen-bond donors (Lipinski definition) is 1. The molecule has 1 aliphatic carbocycles. The van der Waals surface area contributed by atoms with Crippen LogP contribution in [0.2, 0.25) is 0 Å². The topological polar surface area (TPSA) is 64.4 Å². The van der Waals surface area contributed by atoms with Crippen molar-refractivity contribution in [3.05, 3.63) is 53.3 Å². The molecule has 1 aliphatic rings. The number of fused-ring (bicyclic) bond motifs is 1. The number of halogens is 1. The molecule has 5 nitrogen and oxygen atoms in total. The lowest BCUT2D eigenvalue weighted by Gasteiger charge is -2.13. The third kappa shape index (κ3) is 4.42. The molecule has 6 heteroatoms. The fraction of sp³-hybridized carbons (Fsp3) is 0.391. The largest absolute Gasteiger partial charge is 0.496 e. The first-order valence-corrected chi connectivity index (χ1v) is 10.0. The molecular weight excluding hydrogens is 371 g/mol. The van der Waals surface area contributed by atoms with Crippen molar-refractivity contribution in [2.45, 2.75) is 45.1 Å². The molecule has 0 amide bonds. The number of methoxy groups -OCH3 is 1. The first kappa shape index (κ1) is 19.4. The molecule has 2 atom stereocenters. The van der Waals surface area contributed by atoms with E-state index in [-0.39, 0.29) is 17.6 Å². The van der Waals surface area contributed by atoms with Gasteiger partial charge in [-0.05, 0) is 62.8 Å².